The molecule has 0 amide bonds. The minimum absolute atomic E-state index is 0.337. The lowest BCUT2D eigenvalue weighted by atomic mass is 10.3. The number of hydrogen-bond acceptors (Lipinski definition) is 1. The lowest BCUT2D eigenvalue weighted by Crippen LogP contribution is -2.32. The Labute approximate surface area is 95.3 Å². The maximum absolute atomic E-state index is 12.5. The molecule has 0 aliphatic carbocycles. The molecule has 3 N–H and O–H groups in total. The molecule has 7 heteroatoms. The minimum Gasteiger partial charge on any atom is -0.370 e. The zero-order chi connectivity index (χ0) is 12.9. The average Bonchev–Trinajstić information content (AvgIpc) is 2.28. The Balaban J connectivity index is 2.56. The van der Waals surface area contributed by atoms with Crippen LogP contribution in [0.3, 0.4) is 0 Å². The third-order valence-corrected chi connectivity index (χ3v) is 1.83. The summed E-state index contributed by atoms with van der Waals surface area (Å²) in [5.74, 6) is -4.50. The van der Waals surface area contributed by atoms with E-state index in [0.717, 1.165) is 0 Å². The standard InChI is InChI=1S/C10H11F4N3/c11-8(12)10(13,14)6-16-9(15)17-7-4-2-1-3-5-7/h1-5,8H,6H2,(H3,15,16,17). The molecule has 0 saturated heterocycles. The van der Waals surface area contributed by atoms with Gasteiger partial charge in [0.15, 0.2) is 5.96 Å². The number of benzene rings is 1. The number of guanidine groups is 1. The maximum atomic E-state index is 12.5. The average molecular weight is 249 g/mol. The molecule has 17 heavy (non-hydrogen) atoms. The summed E-state index contributed by atoms with van der Waals surface area (Å²) in [6.07, 6.45) is -3.75. The molecule has 3 nitrogen and oxygen atoms in total. The van der Waals surface area contributed by atoms with Gasteiger partial charge in [0.05, 0.1) is 0 Å². The fourth-order valence-electron chi connectivity index (χ4n) is 0.968. The number of anilines is 1. The zero-order valence-electron chi connectivity index (χ0n) is 8.71. The lowest BCUT2D eigenvalue weighted by Gasteiger charge is -2.12. The third-order valence-electron chi connectivity index (χ3n) is 1.83. The number of para-hydroxylation sites is 1. The van der Waals surface area contributed by atoms with Crippen LogP contribution in [0.2, 0.25) is 0 Å². The van der Waals surface area contributed by atoms with Gasteiger partial charge in [-0.15, -0.1) is 0 Å². The smallest absolute Gasteiger partial charge is 0.326 e. The largest absolute Gasteiger partial charge is 0.370 e. The Kier molecular flexibility index (Phi) is 4.30. The molecular weight excluding hydrogens is 238 g/mol. The second-order valence-corrected chi connectivity index (χ2v) is 3.25. The third kappa shape index (κ3) is 4.29. The molecule has 0 spiro atoms. The van der Waals surface area contributed by atoms with Gasteiger partial charge in [0, 0.05) is 5.69 Å². The second kappa shape index (κ2) is 5.51. The van der Waals surface area contributed by atoms with Gasteiger partial charge in [0.2, 0.25) is 0 Å². The van der Waals surface area contributed by atoms with E-state index in [4.69, 9.17) is 5.73 Å². The number of nitrogens with zero attached hydrogens (tertiary/aromatic N) is 1. The molecule has 0 radical (unpaired) electrons. The molecule has 94 valence electrons. The van der Waals surface area contributed by atoms with Gasteiger partial charge in [-0.25, -0.2) is 13.8 Å². The SMILES string of the molecule is NC(=NCC(F)(F)C(F)F)Nc1ccccc1. The predicted molar refractivity (Wildman–Crippen MR) is 57.5 cm³/mol. The van der Waals surface area contributed by atoms with Crippen LogP contribution >= 0.6 is 0 Å². The highest BCUT2D eigenvalue weighted by Gasteiger charge is 2.40. The minimum atomic E-state index is -4.16. The first-order valence-electron chi connectivity index (χ1n) is 4.70. The molecule has 0 heterocycles. The maximum Gasteiger partial charge on any atom is 0.326 e. The van der Waals surface area contributed by atoms with E-state index < -0.39 is 18.9 Å². The molecule has 1 aromatic carbocycles. The highest BCUT2D eigenvalue weighted by Crippen LogP contribution is 2.22. The Morgan fingerprint density at radius 1 is 1.29 bits per heavy atom. The van der Waals surface area contributed by atoms with E-state index in [1.165, 1.54) is 0 Å². The van der Waals surface area contributed by atoms with E-state index in [-0.39, 0.29) is 5.96 Å². The monoisotopic (exact) mass is 249 g/mol. The van der Waals surface area contributed by atoms with Crippen molar-refractivity contribution in [3.05, 3.63) is 30.3 Å². The molecule has 0 aromatic heterocycles. The number of nitrogens with two attached hydrogens (primary N) is 1. The lowest BCUT2D eigenvalue weighted by molar-refractivity contribution is -0.119. The van der Waals surface area contributed by atoms with Crippen LogP contribution in [-0.2, 0) is 0 Å². The van der Waals surface area contributed by atoms with Crippen LogP contribution < -0.4 is 11.1 Å². The first-order valence-corrected chi connectivity index (χ1v) is 4.70. The van der Waals surface area contributed by atoms with Gasteiger partial charge in [-0.2, -0.15) is 8.78 Å². The van der Waals surface area contributed by atoms with Crippen LogP contribution in [0.4, 0.5) is 23.2 Å². The fourth-order valence-corrected chi connectivity index (χ4v) is 0.968. The number of halogens is 4. The van der Waals surface area contributed by atoms with Crippen molar-refractivity contribution in [3.8, 4) is 0 Å². The van der Waals surface area contributed by atoms with E-state index in [1.807, 2.05) is 0 Å². The van der Waals surface area contributed by atoms with Crippen LogP contribution in [0.1, 0.15) is 0 Å². The normalized spacial score (nSPS) is 12.9. The Bertz CT molecular complexity index is 378. The Hall–Kier alpha value is -1.79. The molecule has 0 saturated carbocycles. The van der Waals surface area contributed by atoms with Crippen LogP contribution in [-0.4, -0.2) is 24.9 Å². The predicted octanol–water partition coefficient (Wildman–Crippen LogP) is 2.31. The highest BCUT2D eigenvalue weighted by atomic mass is 19.3. The number of rotatable bonds is 4. The highest BCUT2D eigenvalue weighted by molar-refractivity contribution is 5.92. The summed E-state index contributed by atoms with van der Waals surface area (Å²) in [5, 5.41) is 2.50. The fraction of sp³-hybridized carbons (Fsp3) is 0.300. The van der Waals surface area contributed by atoms with Crippen molar-refractivity contribution in [2.75, 3.05) is 11.9 Å². The van der Waals surface area contributed by atoms with Crippen molar-refractivity contribution < 1.29 is 17.6 Å². The van der Waals surface area contributed by atoms with Gasteiger partial charge in [0.25, 0.3) is 0 Å². The van der Waals surface area contributed by atoms with Gasteiger partial charge < -0.3 is 11.1 Å². The van der Waals surface area contributed by atoms with Crippen LogP contribution in [0.25, 0.3) is 0 Å². The Morgan fingerprint density at radius 2 is 1.88 bits per heavy atom. The second-order valence-electron chi connectivity index (χ2n) is 3.25. The van der Waals surface area contributed by atoms with E-state index in [1.54, 1.807) is 30.3 Å². The van der Waals surface area contributed by atoms with Gasteiger partial charge in [-0.3, -0.25) is 0 Å². The number of nitrogens with one attached hydrogen (secondary N) is 1. The molecule has 0 fully saturated rings. The summed E-state index contributed by atoms with van der Waals surface area (Å²) in [6, 6.07) is 8.41. The molecule has 0 aliphatic heterocycles. The van der Waals surface area contributed by atoms with Crippen molar-refractivity contribution >= 4 is 11.6 Å². The molecule has 0 atom stereocenters. The van der Waals surface area contributed by atoms with E-state index in [0.29, 0.717) is 5.69 Å². The van der Waals surface area contributed by atoms with Gasteiger partial charge >= 0.3 is 12.3 Å². The molecule has 0 bridgehead atoms. The van der Waals surface area contributed by atoms with Crippen LogP contribution in [0, 0.1) is 0 Å². The van der Waals surface area contributed by atoms with E-state index >= 15 is 0 Å². The van der Waals surface area contributed by atoms with Crippen LogP contribution in [0.15, 0.2) is 35.3 Å². The molecule has 1 rings (SSSR count). The van der Waals surface area contributed by atoms with Crippen molar-refractivity contribution in [3.63, 3.8) is 0 Å². The van der Waals surface area contributed by atoms with Gasteiger partial charge in [-0.1, -0.05) is 18.2 Å². The quantitative estimate of drug-likeness (QED) is 0.488. The topological polar surface area (TPSA) is 50.4 Å². The molecular formula is C10H11F4N3. The number of hydrogen-bond donors (Lipinski definition) is 2. The van der Waals surface area contributed by atoms with Crippen molar-refractivity contribution in [2.45, 2.75) is 12.3 Å². The van der Waals surface area contributed by atoms with Crippen LogP contribution in [0.5, 0.6) is 0 Å². The first-order chi connectivity index (χ1) is 7.92. The summed E-state index contributed by atoms with van der Waals surface area (Å²) < 4.78 is 48.6. The van der Waals surface area contributed by atoms with E-state index in [9.17, 15) is 17.6 Å². The molecule has 0 aliphatic rings. The van der Waals surface area contributed by atoms with E-state index in [2.05, 4.69) is 10.3 Å². The molecule has 0 unspecified atom stereocenters. The summed E-state index contributed by atoms with van der Waals surface area (Å²) >= 11 is 0. The number of alkyl halides is 4. The Morgan fingerprint density at radius 3 is 2.41 bits per heavy atom. The summed E-state index contributed by atoms with van der Waals surface area (Å²) in [6.45, 7) is -1.35. The van der Waals surface area contributed by atoms with Crippen molar-refractivity contribution in [2.24, 2.45) is 10.7 Å². The van der Waals surface area contributed by atoms with Crippen molar-refractivity contribution in [1.82, 2.24) is 0 Å². The van der Waals surface area contributed by atoms with Gasteiger partial charge in [0.1, 0.15) is 6.54 Å². The summed E-state index contributed by atoms with van der Waals surface area (Å²) in [7, 11) is 0. The first kappa shape index (κ1) is 13.3. The zero-order valence-corrected chi connectivity index (χ0v) is 8.71. The van der Waals surface area contributed by atoms with Crippen molar-refractivity contribution in [1.29, 1.82) is 0 Å². The number of aliphatic imine (C=N–C) groups is 1. The summed E-state index contributed by atoms with van der Waals surface area (Å²) in [4.78, 5) is 3.17. The summed E-state index contributed by atoms with van der Waals surface area (Å²) in [5.41, 5.74) is 5.81. The molecule has 1 aromatic rings. The van der Waals surface area contributed by atoms with Gasteiger partial charge in [-0.05, 0) is 12.1 Å².